The lowest BCUT2D eigenvalue weighted by molar-refractivity contribution is -0.161. The van der Waals surface area contributed by atoms with Gasteiger partial charge < -0.3 is 15.2 Å². The highest BCUT2D eigenvalue weighted by molar-refractivity contribution is 5.57. The smallest absolute Gasteiger partial charge is 0.157 e. The average Bonchev–Trinajstić information content (AvgIpc) is 3.11. The van der Waals surface area contributed by atoms with Crippen LogP contribution in [0, 0.1) is 11.8 Å². The fraction of sp³-hybridized carbons (Fsp3) is 0.444. The maximum absolute atomic E-state index is 6.01. The minimum absolute atomic E-state index is 0.0587. The van der Waals surface area contributed by atoms with Crippen molar-refractivity contribution in [2.45, 2.75) is 38.5 Å². The topological polar surface area (TPSA) is 75.2 Å². The molecule has 2 heterocycles. The third-order valence-electron chi connectivity index (χ3n) is 3.82. The molecular weight excluding hydrogens is 304 g/mol. The summed E-state index contributed by atoms with van der Waals surface area (Å²) >= 11 is 0. The summed E-state index contributed by atoms with van der Waals surface area (Å²) in [4.78, 5) is 3.94. The van der Waals surface area contributed by atoms with Crippen molar-refractivity contribution in [1.82, 2.24) is 14.8 Å². The normalized spacial score (nSPS) is 17.2. The van der Waals surface area contributed by atoms with Crippen molar-refractivity contribution < 1.29 is 9.47 Å². The standard InChI is InChI=1S/C18H22N4O2/c19-17-8-7-15(12-22-14-20-13-21-22)11-16(17)5-1-3-9-23-18-6-2-4-10-24-18/h7-8,11,13-14,18H,2-4,6,9-10,12,19H2. The SMILES string of the molecule is Nc1ccc(Cn2cncn2)cc1C#CCCOC1CCCCO1. The largest absolute Gasteiger partial charge is 0.398 e. The van der Waals surface area contributed by atoms with E-state index in [0.717, 1.165) is 30.6 Å². The molecule has 1 aliphatic heterocycles. The predicted octanol–water partition coefficient (Wildman–Crippen LogP) is 2.19. The predicted molar refractivity (Wildman–Crippen MR) is 91.0 cm³/mol. The summed E-state index contributed by atoms with van der Waals surface area (Å²) < 4.78 is 13.0. The monoisotopic (exact) mass is 326 g/mol. The van der Waals surface area contributed by atoms with E-state index in [-0.39, 0.29) is 6.29 Å². The van der Waals surface area contributed by atoms with Crippen LogP contribution in [-0.4, -0.2) is 34.3 Å². The molecule has 24 heavy (non-hydrogen) atoms. The molecule has 0 amide bonds. The molecule has 1 atom stereocenters. The van der Waals surface area contributed by atoms with E-state index in [1.54, 1.807) is 11.0 Å². The summed E-state index contributed by atoms with van der Waals surface area (Å²) in [5, 5.41) is 4.10. The van der Waals surface area contributed by atoms with Gasteiger partial charge in [0, 0.05) is 24.3 Å². The molecule has 126 valence electrons. The van der Waals surface area contributed by atoms with Gasteiger partial charge in [-0.3, -0.25) is 0 Å². The first-order valence-corrected chi connectivity index (χ1v) is 8.24. The van der Waals surface area contributed by atoms with Gasteiger partial charge in [0.2, 0.25) is 0 Å². The number of hydrogen-bond donors (Lipinski definition) is 1. The van der Waals surface area contributed by atoms with Crippen molar-refractivity contribution in [1.29, 1.82) is 0 Å². The second-order valence-corrected chi connectivity index (χ2v) is 5.73. The molecule has 0 aliphatic carbocycles. The molecule has 1 aliphatic rings. The fourth-order valence-electron chi connectivity index (χ4n) is 2.55. The van der Waals surface area contributed by atoms with Crippen LogP contribution < -0.4 is 5.73 Å². The highest BCUT2D eigenvalue weighted by atomic mass is 16.7. The van der Waals surface area contributed by atoms with Crippen molar-refractivity contribution in [3.63, 3.8) is 0 Å². The Morgan fingerprint density at radius 1 is 1.38 bits per heavy atom. The van der Waals surface area contributed by atoms with Crippen LogP contribution in [0.4, 0.5) is 5.69 Å². The first-order chi connectivity index (χ1) is 11.8. The van der Waals surface area contributed by atoms with E-state index in [0.29, 0.717) is 25.3 Å². The molecule has 6 heteroatoms. The molecule has 2 N–H and O–H groups in total. The third-order valence-corrected chi connectivity index (χ3v) is 3.82. The highest BCUT2D eigenvalue weighted by Crippen LogP contribution is 2.15. The van der Waals surface area contributed by atoms with Gasteiger partial charge in [0.25, 0.3) is 0 Å². The Morgan fingerprint density at radius 2 is 2.33 bits per heavy atom. The lowest BCUT2D eigenvalue weighted by atomic mass is 10.1. The van der Waals surface area contributed by atoms with Gasteiger partial charge in [-0.15, -0.1) is 0 Å². The average molecular weight is 326 g/mol. The molecule has 1 saturated heterocycles. The molecule has 1 unspecified atom stereocenters. The molecule has 0 radical (unpaired) electrons. The Hall–Kier alpha value is -2.36. The third kappa shape index (κ3) is 4.82. The van der Waals surface area contributed by atoms with E-state index in [2.05, 4.69) is 21.9 Å². The van der Waals surface area contributed by atoms with E-state index in [1.165, 1.54) is 12.7 Å². The van der Waals surface area contributed by atoms with Gasteiger partial charge >= 0.3 is 0 Å². The zero-order valence-corrected chi connectivity index (χ0v) is 13.6. The highest BCUT2D eigenvalue weighted by Gasteiger charge is 2.12. The van der Waals surface area contributed by atoms with Gasteiger partial charge in [-0.2, -0.15) is 5.10 Å². The minimum Gasteiger partial charge on any atom is -0.398 e. The van der Waals surface area contributed by atoms with E-state index in [9.17, 15) is 0 Å². The van der Waals surface area contributed by atoms with Crippen LogP contribution in [0.1, 0.15) is 36.8 Å². The van der Waals surface area contributed by atoms with E-state index in [4.69, 9.17) is 15.2 Å². The number of nitrogens with two attached hydrogens (primary N) is 1. The van der Waals surface area contributed by atoms with Crippen LogP contribution in [0.25, 0.3) is 0 Å². The molecule has 0 bridgehead atoms. The van der Waals surface area contributed by atoms with Crippen molar-refractivity contribution in [3.8, 4) is 11.8 Å². The number of nitrogen functional groups attached to an aromatic ring is 1. The number of hydrogen-bond acceptors (Lipinski definition) is 5. The Bertz CT molecular complexity index is 698. The van der Waals surface area contributed by atoms with E-state index < -0.39 is 0 Å². The van der Waals surface area contributed by atoms with Crippen molar-refractivity contribution in [2.75, 3.05) is 18.9 Å². The molecule has 1 aromatic carbocycles. The fourth-order valence-corrected chi connectivity index (χ4v) is 2.55. The second-order valence-electron chi connectivity index (χ2n) is 5.73. The van der Waals surface area contributed by atoms with Crippen LogP contribution in [0.15, 0.2) is 30.9 Å². The van der Waals surface area contributed by atoms with Gasteiger partial charge in [0.1, 0.15) is 12.7 Å². The number of ether oxygens (including phenoxy) is 2. The zero-order chi connectivity index (χ0) is 16.6. The second kappa shape index (κ2) is 8.48. The van der Waals surface area contributed by atoms with Crippen LogP contribution >= 0.6 is 0 Å². The quantitative estimate of drug-likeness (QED) is 0.518. The molecule has 0 spiro atoms. The number of rotatable bonds is 5. The summed E-state index contributed by atoms with van der Waals surface area (Å²) in [6.07, 6.45) is 7.09. The van der Waals surface area contributed by atoms with Crippen molar-refractivity contribution in [3.05, 3.63) is 42.0 Å². The van der Waals surface area contributed by atoms with E-state index >= 15 is 0 Å². The molecule has 2 aromatic rings. The van der Waals surface area contributed by atoms with Gasteiger partial charge in [-0.25, -0.2) is 9.67 Å². The van der Waals surface area contributed by atoms with Gasteiger partial charge in [-0.1, -0.05) is 17.9 Å². The Morgan fingerprint density at radius 3 is 3.12 bits per heavy atom. The van der Waals surface area contributed by atoms with Gasteiger partial charge in [-0.05, 0) is 37.0 Å². The molecule has 1 fully saturated rings. The molecule has 1 aromatic heterocycles. The first kappa shape index (κ1) is 16.5. The zero-order valence-electron chi connectivity index (χ0n) is 13.6. The van der Waals surface area contributed by atoms with Crippen molar-refractivity contribution in [2.24, 2.45) is 0 Å². The summed E-state index contributed by atoms with van der Waals surface area (Å²) in [6, 6.07) is 5.85. The molecule has 3 rings (SSSR count). The van der Waals surface area contributed by atoms with Crippen LogP contribution in [0.2, 0.25) is 0 Å². The number of anilines is 1. The minimum atomic E-state index is -0.0587. The summed E-state index contributed by atoms with van der Waals surface area (Å²) in [7, 11) is 0. The Balaban J connectivity index is 1.52. The molecular formula is C18H22N4O2. The van der Waals surface area contributed by atoms with E-state index in [1.807, 2.05) is 18.2 Å². The lowest BCUT2D eigenvalue weighted by Gasteiger charge is -2.22. The number of nitrogens with zero attached hydrogens (tertiary/aromatic N) is 3. The van der Waals surface area contributed by atoms with Crippen LogP contribution in [0.3, 0.4) is 0 Å². The van der Waals surface area contributed by atoms with Crippen LogP contribution in [0.5, 0.6) is 0 Å². The first-order valence-electron chi connectivity index (χ1n) is 8.24. The number of aromatic nitrogens is 3. The summed E-state index contributed by atoms with van der Waals surface area (Å²) in [5.74, 6) is 6.25. The molecule has 0 saturated carbocycles. The Labute approximate surface area is 142 Å². The Kier molecular flexibility index (Phi) is 5.83. The summed E-state index contributed by atoms with van der Waals surface area (Å²) in [6.45, 7) is 2.03. The maximum atomic E-state index is 6.01. The van der Waals surface area contributed by atoms with Crippen molar-refractivity contribution >= 4 is 5.69 Å². The summed E-state index contributed by atoms with van der Waals surface area (Å²) in [5.41, 5.74) is 8.61. The maximum Gasteiger partial charge on any atom is 0.157 e. The molecule has 6 nitrogen and oxygen atoms in total. The number of benzene rings is 1. The van der Waals surface area contributed by atoms with Gasteiger partial charge in [0.05, 0.1) is 13.2 Å². The van der Waals surface area contributed by atoms with Crippen LogP contribution in [-0.2, 0) is 16.0 Å². The lowest BCUT2D eigenvalue weighted by Crippen LogP contribution is -2.22. The van der Waals surface area contributed by atoms with Gasteiger partial charge in [0.15, 0.2) is 6.29 Å².